The zero-order valence-corrected chi connectivity index (χ0v) is 15.6. The fourth-order valence-electron chi connectivity index (χ4n) is 3.60. The van der Waals surface area contributed by atoms with Crippen LogP contribution in [0, 0.1) is 5.41 Å². The number of methoxy groups -OCH3 is 1. The van der Waals surface area contributed by atoms with Crippen LogP contribution in [0.2, 0.25) is 0 Å². The topological polar surface area (TPSA) is 67.4 Å². The molecule has 1 heterocycles. The molecule has 1 aliphatic heterocycles. The lowest BCUT2D eigenvalue weighted by Gasteiger charge is -2.41. The van der Waals surface area contributed by atoms with Crippen molar-refractivity contribution >= 4 is 23.3 Å². The molecule has 0 saturated carbocycles. The van der Waals surface area contributed by atoms with Gasteiger partial charge in [0.05, 0.1) is 18.7 Å². The van der Waals surface area contributed by atoms with E-state index in [-0.39, 0.29) is 23.3 Å². The van der Waals surface area contributed by atoms with E-state index in [0.717, 1.165) is 28.9 Å². The Hall–Kier alpha value is -2.82. The van der Waals surface area contributed by atoms with Crippen molar-refractivity contribution in [3.8, 4) is 0 Å². The van der Waals surface area contributed by atoms with Crippen molar-refractivity contribution in [2.24, 2.45) is 5.41 Å². The van der Waals surface area contributed by atoms with Crippen molar-refractivity contribution in [2.45, 2.75) is 33.2 Å². The molecule has 1 aliphatic rings. The molecule has 0 spiro atoms. The number of hydrogen-bond acceptors (Lipinski definition) is 4. The Morgan fingerprint density at radius 2 is 1.96 bits per heavy atom. The van der Waals surface area contributed by atoms with Gasteiger partial charge in [-0.25, -0.2) is 4.79 Å². The van der Waals surface area contributed by atoms with E-state index in [1.165, 1.54) is 14.0 Å². The zero-order chi connectivity index (χ0) is 18.9. The molecule has 3 rings (SSSR count). The molecule has 5 nitrogen and oxygen atoms in total. The van der Waals surface area contributed by atoms with Crippen LogP contribution in [-0.4, -0.2) is 19.0 Å². The van der Waals surface area contributed by atoms with Crippen molar-refractivity contribution in [2.75, 3.05) is 17.7 Å². The third-order valence-electron chi connectivity index (χ3n) is 4.79. The standard InChI is InChI=1S/C21H24N2O3/c1-13(24)22-17-7-5-6-14(11-17)19-21(2,3)12-16-10-15(20(25)26-4)8-9-18(16)23-19/h5-11,19,23H,12H2,1-4H3,(H,22,24). The fraction of sp³-hybridized carbons (Fsp3) is 0.333. The zero-order valence-electron chi connectivity index (χ0n) is 15.6. The second kappa shape index (κ2) is 6.83. The molecule has 0 aromatic heterocycles. The molecule has 1 unspecified atom stereocenters. The highest BCUT2D eigenvalue weighted by Gasteiger charge is 2.36. The third kappa shape index (κ3) is 3.57. The molecule has 0 fully saturated rings. The van der Waals surface area contributed by atoms with Gasteiger partial charge in [0, 0.05) is 18.3 Å². The highest BCUT2D eigenvalue weighted by atomic mass is 16.5. The average Bonchev–Trinajstić information content (AvgIpc) is 2.58. The van der Waals surface area contributed by atoms with E-state index in [4.69, 9.17) is 4.74 Å². The van der Waals surface area contributed by atoms with Gasteiger partial charge in [0.15, 0.2) is 0 Å². The summed E-state index contributed by atoms with van der Waals surface area (Å²) in [5.74, 6) is -0.408. The number of ether oxygens (including phenoxy) is 1. The van der Waals surface area contributed by atoms with E-state index in [1.807, 2.05) is 30.3 Å². The molecule has 136 valence electrons. The van der Waals surface area contributed by atoms with Crippen LogP contribution >= 0.6 is 0 Å². The quantitative estimate of drug-likeness (QED) is 0.814. The van der Waals surface area contributed by atoms with Crippen LogP contribution in [-0.2, 0) is 16.0 Å². The minimum Gasteiger partial charge on any atom is -0.465 e. The molecule has 1 atom stereocenters. The first-order valence-electron chi connectivity index (χ1n) is 8.65. The number of amides is 1. The van der Waals surface area contributed by atoms with Crippen molar-refractivity contribution in [3.63, 3.8) is 0 Å². The number of nitrogens with one attached hydrogen (secondary N) is 2. The minimum atomic E-state index is -0.323. The van der Waals surface area contributed by atoms with Gasteiger partial charge in [-0.2, -0.15) is 0 Å². The van der Waals surface area contributed by atoms with Gasteiger partial charge in [-0.05, 0) is 53.3 Å². The molecule has 1 amide bonds. The normalized spacial score (nSPS) is 17.6. The van der Waals surface area contributed by atoms with Gasteiger partial charge >= 0.3 is 5.97 Å². The van der Waals surface area contributed by atoms with Gasteiger partial charge in [-0.15, -0.1) is 0 Å². The Bertz CT molecular complexity index is 858. The van der Waals surface area contributed by atoms with Crippen LogP contribution in [0.15, 0.2) is 42.5 Å². The summed E-state index contributed by atoms with van der Waals surface area (Å²) >= 11 is 0. The highest BCUT2D eigenvalue weighted by molar-refractivity contribution is 5.90. The van der Waals surface area contributed by atoms with Crippen molar-refractivity contribution in [1.82, 2.24) is 0 Å². The lowest BCUT2D eigenvalue weighted by molar-refractivity contribution is -0.114. The Kier molecular flexibility index (Phi) is 4.72. The van der Waals surface area contributed by atoms with E-state index in [2.05, 4.69) is 30.5 Å². The van der Waals surface area contributed by atoms with Crippen LogP contribution < -0.4 is 10.6 Å². The number of rotatable bonds is 3. The summed E-state index contributed by atoms with van der Waals surface area (Å²) in [6, 6.07) is 13.6. The molecule has 2 aromatic carbocycles. The first kappa shape index (κ1) is 18.0. The number of anilines is 2. The van der Waals surface area contributed by atoms with E-state index in [0.29, 0.717) is 5.56 Å². The van der Waals surface area contributed by atoms with Gasteiger partial charge in [0.1, 0.15) is 0 Å². The smallest absolute Gasteiger partial charge is 0.337 e. The largest absolute Gasteiger partial charge is 0.465 e. The molecule has 5 heteroatoms. The average molecular weight is 352 g/mol. The lowest BCUT2D eigenvalue weighted by Crippen LogP contribution is -2.35. The van der Waals surface area contributed by atoms with Gasteiger partial charge in [0.2, 0.25) is 5.91 Å². The summed E-state index contributed by atoms with van der Waals surface area (Å²) in [4.78, 5) is 23.1. The first-order valence-corrected chi connectivity index (χ1v) is 8.65. The molecule has 2 aromatic rings. The van der Waals surface area contributed by atoms with Crippen molar-refractivity contribution in [3.05, 3.63) is 59.2 Å². The minimum absolute atomic E-state index is 0.0728. The number of carbonyl (C=O) groups excluding carboxylic acids is 2. The van der Waals surface area contributed by atoms with Crippen LogP contribution in [0.4, 0.5) is 11.4 Å². The lowest BCUT2D eigenvalue weighted by atomic mass is 9.72. The molecule has 26 heavy (non-hydrogen) atoms. The van der Waals surface area contributed by atoms with Gasteiger partial charge in [-0.3, -0.25) is 4.79 Å². The summed E-state index contributed by atoms with van der Waals surface area (Å²) in [6.07, 6.45) is 0.829. The van der Waals surface area contributed by atoms with Crippen molar-refractivity contribution in [1.29, 1.82) is 0 Å². The van der Waals surface area contributed by atoms with Crippen LogP contribution in [0.25, 0.3) is 0 Å². The van der Waals surface area contributed by atoms with Gasteiger partial charge < -0.3 is 15.4 Å². The summed E-state index contributed by atoms with van der Waals surface area (Å²) in [7, 11) is 1.39. The molecule has 0 saturated heterocycles. The number of benzene rings is 2. The maximum atomic E-state index is 11.8. The summed E-state index contributed by atoms with van der Waals surface area (Å²) in [5, 5.41) is 6.44. The summed E-state index contributed by atoms with van der Waals surface area (Å²) in [5.41, 5.74) is 4.52. The molecule has 0 bridgehead atoms. The Morgan fingerprint density at radius 3 is 2.65 bits per heavy atom. The summed E-state index contributed by atoms with van der Waals surface area (Å²) in [6.45, 7) is 5.90. The van der Waals surface area contributed by atoms with Crippen LogP contribution in [0.3, 0.4) is 0 Å². The van der Waals surface area contributed by atoms with E-state index < -0.39 is 0 Å². The second-order valence-corrected chi connectivity index (χ2v) is 7.41. The predicted molar refractivity (Wildman–Crippen MR) is 102 cm³/mol. The van der Waals surface area contributed by atoms with E-state index in [9.17, 15) is 9.59 Å². The Morgan fingerprint density at radius 1 is 1.19 bits per heavy atom. The fourth-order valence-corrected chi connectivity index (χ4v) is 3.60. The highest BCUT2D eigenvalue weighted by Crippen LogP contribution is 2.45. The number of carbonyl (C=O) groups is 2. The van der Waals surface area contributed by atoms with E-state index >= 15 is 0 Å². The summed E-state index contributed by atoms with van der Waals surface area (Å²) < 4.78 is 4.82. The van der Waals surface area contributed by atoms with Crippen LogP contribution in [0.1, 0.15) is 48.3 Å². The molecule has 2 N–H and O–H groups in total. The SMILES string of the molecule is COC(=O)c1ccc2c(c1)CC(C)(C)C(c1cccc(NC(C)=O)c1)N2. The molecular formula is C21H24N2O3. The maximum Gasteiger partial charge on any atom is 0.337 e. The van der Waals surface area contributed by atoms with Gasteiger partial charge in [0.25, 0.3) is 0 Å². The maximum absolute atomic E-state index is 11.8. The molecular weight excluding hydrogens is 328 g/mol. The molecule has 0 aliphatic carbocycles. The number of esters is 1. The third-order valence-corrected chi connectivity index (χ3v) is 4.79. The Balaban J connectivity index is 1.94. The monoisotopic (exact) mass is 352 g/mol. The number of hydrogen-bond donors (Lipinski definition) is 2. The molecule has 0 radical (unpaired) electrons. The second-order valence-electron chi connectivity index (χ2n) is 7.41. The van der Waals surface area contributed by atoms with Crippen LogP contribution in [0.5, 0.6) is 0 Å². The predicted octanol–water partition coefficient (Wildman–Crippen LogP) is 4.17. The van der Waals surface area contributed by atoms with Gasteiger partial charge in [-0.1, -0.05) is 26.0 Å². The van der Waals surface area contributed by atoms with Crippen molar-refractivity contribution < 1.29 is 14.3 Å². The van der Waals surface area contributed by atoms with E-state index in [1.54, 1.807) is 6.07 Å². The number of fused-ring (bicyclic) bond motifs is 1. The Labute approximate surface area is 153 Å². The first-order chi connectivity index (χ1) is 12.3.